The van der Waals surface area contributed by atoms with E-state index >= 15 is 0 Å². The molecule has 0 aromatic rings. The number of carbonyl (C=O) groups is 2. The summed E-state index contributed by atoms with van der Waals surface area (Å²) in [7, 11) is 0. The summed E-state index contributed by atoms with van der Waals surface area (Å²) in [5.41, 5.74) is 1.41. The summed E-state index contributed by atoms with van der Waals surface area (Å²) in [4.78, 5) is 20.3. The van der Waals surface area contributed by atoms with Gasteiger partial charge >= 0.3 is 0 Å². The molecule has 0 N–H and O–H groups in total. The van der Waals surface area contributed by atoms with Crippen LogP contribution in [0.1, 0.15) is 118 Å². The number of rotatable bonds is 17. The van der Waals surface area contributed by atoms with Crippen LogP contribution < -0.4 is 0 Å². The lowest BCUT2D eigenvalue weighted by molar-refractivity contribution is -0.110. The molecule has 28 heavy (non-hydrogen) atoms. The molecule has 2 nitrogen and oxygen atoms in total. The number of hydrogen-bond acceptors (Lipinski definition) is 2. The molecular formula is C26H48O2. The van der Waals surface area contributed by atoms with E-state index in [0.29, 0.717) is 0 Å². The normalized spacial score (nSPS) is 12.8. The van der Waals surface area contributed by atoms with Crippen LogP contribution in [0.5, 0.6) is 0 Å². The van der Waals surface area contributed by atoms with Crippen LogP contribution in [0.15, 0.2) is 23.8 Å². The van der Waals surface area contributed by atoms with Crippen molar-refractivity contribution in [3.05, 3.63) is 23.8 Å². The minimum Gasteiger partial charge on any atom is -0.303 e. The minimum atomic E-state index is 0.245. The Morgan fingerprint density at radius 1 is 0.786 bits per heavy atom. The molecule has 0 saturated heterocycles. The van der Waals surface area contributed by atoms with Gasteiger partial charge in [0.05, 0.1) is 0 Å². The van der Waals surface area contributed by atoms with Crippen molar-refractivity contribution in [1.82, 2.24) is 0 Å². The third kappa shape index (κ3) is 27.0. The van der Waals surface area contributed by atoms with Crippen LogP contribution >= 0.6 is 0 Å². The zero-order valence-electron chi connectivity index (χ0n) is 19.6. The first-order valence-electron chi connectivity index (χ1n) is 11.7. The molecule has 0 bridgehead atoms. The molecule has 2 unspecified atom stereocenters. The van der Waals surface area contributed by atoms with E-state index in [-0.39, 0.29) is 5.92 Å². The Morgan fingerprint density at radius 2 is 1.43 bits per heavy atom. The molecule has 164 valence electrons. The van der Waals surface area contributed by atoms with Crippen LogP contribution in [0.2, 0.25) is 0 Å². The smallest absolute Gasteiger partial charge is 0.142 e. The molecule has 2 atom stereocenters. The highest BCUT2D eigenvalue weighted by atomic mass is 16.1. The van der Waals surface area contributed by atoms with Gasteiger partial charge in [-0.15, -0.1) is 0 Å². The van der Waals surface area contributed by atoms with Gasteiger partial charge in [-0.2, -0.15) is 0 Å². The molecule has 0 amide bonds. The minimum absolute atomic E-state index is 0.245. The molecule has 0 aromatic carbocycles. The van der Waals surface area contributed by atoms with Gasteiger partial charge in [0.15, 0.2) is 0 Å². The SMILES string of the molecule is CC(C)=CCCC(C)CCCC(C)C=O.CCCCCCCCCC=CC=O. The fourth-order valence-electron chi connectivity index (χ4n) is 3.03. The van der Waals surface area contributed by atoms with Gasteiger partial charge in [-0.1, -0.05) is 89.9 Å². The number of unbranched alkanes of at least 4 members (excludes halogenated alkanes) is 7. The maximum Gasteiger partial charge on any atom is 0.142 e. The van der Waals surface area contributed by atoms with Gasteiger partial charge in [0.25, 0.3) is 0 Å². The molecule has 0 fully saturated rings. The van der Waals surface area contributed by atoms with Gasteiger partial charge in [-0.25, -0.2) is 0 Å². The second kappa shape index (κ2) is 23.9. The van der Waals surface area contributed by atoms with Gasteiger partial charge in [0.2, 0.25) is 0 Å². The molecule has 0 rings (SSSR count). The third-order valence-corrected chi connectivity index (χ3v) is 4.99. The topological polar surface area (TPSA) is 34.1 Å². The first-order valence-corrected chi connectivity index (χ1v) is 11.7. The quantitative estimate of drug-likeness (QED) is 0.108. The number of carbonyl (C=O) groups excluding carboxylic acids is 2. The van der Waals surface area contributed by atoms with Crippen LogP contribution in [0.3, 0.4) is 0 Å². The van der Waals surface area contributed by atoms with Gasteiger partial charge in [-0.3, -0.25) is 4.79 Å². The Balaban J connectivity index is 0. The average molecular weight is 393 g/mol. The van der Waals surface area contributed by atoms with Crippen LogP contribution in [0.4, 0.5) is 0 Å². The van der Waals surface area contributed by atoms with E-state index in [4.69, 9.17) is 0 Å². The lowest BCUT2D eigenvalue weighted by Gasteiger charge is -2.10. The summed E-state index contributed by atoms with van der Waals surface area (Å²) in [6.45, 7) is 10.8. The van der Waals surface area contributed by atoms with E-state index in [2.05, 4.69) is 33.8 Å². The third-order valence-electron chi connectivity index (χ3n) is 4.99. The second-order valence-corrected chi connectivity index (χ2v) is 8.48. The standard InChI is InChI=1S/C14H26O.C12H22O/c1-12(2)7-5-8-13(3)9-6-10-14(4)11-15;1-2-3-4-5-6-7-8-9-10-11-12-13/h7,11,13-14H,5-6,8-10H2,1-4H3;10-12H,2-9H2,1H3. The van der Waals surface area contributed by atoms with E-state index in [9.17, 15) is 9.59 Å². The van der Waals surface area contributed by atoms with Gasteiger partial charge < -0.3 is 4.79 Å². The summed E-state index contributed by atoms with van der Waals surface area (Å²) < 4.78 is 0. The number of aldehydes is 2. The molecule has 0 aliphatic rings. The van der Waals surface area contributed by atoms with E-state index in [0.717, 1.165) is 31.3 Å². The van der Waals surface area contributed by atoms with Crippen molar-refractivity contribution in [2.24, 2.45) is 11.8 Å². The summed E-state index contributed by atoms with van der Waals surface area (Å²) in [5.74, 6) is 1.04. The zero-order valence-corrected chi connectivity index (χ0v) is 19.6. The van der Waals surface area contributed by atoms with Gasteiger partial charge in [-0.05, 0) is 57.9 Å². The van der Waals surface area contributed by atoms with Crippen molar-refractivity contribution in [3.8, 4) is 0 Å². The molecule has 0 aliphatic carbocycles. The summed E-state index contributed by atoms with van der Waals surface area (Å²) >= 11 is 0. The molecule has 0 spiro atoms. The lowest BCUT2D eigenvalue weighted by atomic mass is 9.95. The molecule has 0 saturated carbocycles. The van der Waals surface area contributed by atoms with Crippen molar-refractivity contribution in [3.63, 3.8) is 0 Å². The predicted octanol–water partition coefficient (Wildman–Crippen LogP) is 8.26. The predicted molar refractivity (Wildman–Crippen MR) is 125 cm³/mol. The highest BCUT2D eigenvalue weighted by Crippen LogP contribution is 2.16. The zero-order chi connectivity index (χ0) is 21.5. The number of allylic oxidation sites excluding steroid dienone is 4. The van der Waals surface area contributed by atoms with Gasteiger partial charge in [0, 0.05) is 5.92 Å². The average Bonchev–Trinajstić information content (AvgIpc) is 2.67. The Bertz CT molecular complexity index is 391. The monoisotopic (exact) mass is 392 g/mol. The van der Waals surface area contributed by atoms with E-state index in [1.54, 1.807) is 6.08 Å². The van der Waals surface area contributed by atoms with Crippen LogP contribution in [-0.4, -0.2) is 12.6 Å². The Labute approximate surface area is 176 Å². The Kier molecular flexibility index (Phi) is 24.7. The van der Waals surface area contributed by atoms with Crippen LogP contribution in [-0.2, 0) is 9.59 Å². The lowest BCUT2D eigenvalue weighted by Crippen LogP contribution is -1.99. The summed E-state index contributed by atoms with van der Waals surface area (Å²) in [5, 5.41) is 0. The van der Waals surface area contributed by atoms with E-state index < -0.39 is 0 Å². The molecule has 0 heterocycles. The fraction of sp³-hybridized carbons (Fsp3) is 0.769. The Hall–Kier alpha value is -1.18. The maximum atomic E-state index is 10.4. The first kappa shape index (κ1) is 29.0. The summed E-state index contributed by atoms with van der Waals surface area (Å²) in [6.07, 6.45) is 24.2. The van der Waals surface area contributed by atoms with Gasteiger partial charge in [0.1, 0.15) is 12.6 Å². The highest BCUT2D eigenvalue weighted by molar-refractivity contribution is 5.64. The molecule has 0 aromatic heterocycles. The van der Waals surface area contributed by atoms with Crippen molar-refractivity contribution in [1.29, 1.82) is 0 Å². The summed E-state index contributed by atoms with van der Waals surface area (Å²) in [6, 6.07) is 0. The van der Waals surface area contributed by atoms with Crippen LogP contribution in [0.25, 0.3) is 0 Å². The second-order valence-electron chi connectivity index (χ2n) is 8.48. The maximum absolute atomic E-state index is 10.4. The largest absolute Gasteiger partial charge is 0.303 e. The van der Waals surface area contributed by atoms with Crippen molar-refractivity contribution < 1.29 is 9.59 Å². The van der Waals surface area contributed by atoms with Crippen molar-refractivity contribution in [2.75, 3.05) is 0 Å². The Morgan fingerprint density at radius 3 is 2.00 bits per heavy atom. The highest BCUT2D eigenvalue weighted by Gasteiger charge is 2.03. The van der Waals surface area contributed by atoms with E-state index in [1.165, 1.54) is 76.2 Å². The molecule has 0 aliphatic heterocycles. The molecule has 0 radical (unpaired) electrons. The van der Waals surface area contributed by atoms with Crippen LogP contribution in [0, 0.1) is 11.8 Å². The van der Waals surface area contributed by atoms with E-state index in [1.807, 2.05) is 13.0 Å². The van der Waals surface area contributed by atoms with Crippen molar-refractivity contribution in [2.45, 2.75) is 118 Å². The number of hydrogen-bond donors (Lipinski definition) is 0. The van der Waals surface area contributed by atoms with Crippen molar-refractivity contribution >= 4 is 12.6 Å². The molecule has 2 heteroatoms. The fourth-order valence-corrected chi connectivity index (χ4v) is 3.03. The molecular weight excluding hydrogens is 344 g/mol. The first-order chi connectivity index (χ1) is 13.5.